The van der Waals surface area contributed by atoms with E-state index in [2.05, 4.69) is 29.6 Å². The molecule has 3 rings (SSSR count). The summed E-state index contributed by atoms with van der Waals surface area (Å²) in [5, 5.41) is 10.8. The predicted molar refractivity (Wildman–Crippen MR) is 115 cm³/mol. The van der Waals surface area contributed by atoms with E-state index in [-0.39, 0.29) is 18.3 Å². The first kappa shape index (κ1) is 22.2. The van der Waals surface area contributed by atoms with Crippen LogP contribution in [-0.4, -0.2) is 35.4 Å². The van der Waals surface area contributed by atoms with Gasteiger partial charge >= 0.3 is 0 Å². The monoisotopic (exact) mass is 406 g/mol. The Kier molecular flexibility index (Phi) is 8.33. The molecule has 154 valence electrons. The third kappa shape index (κ3) is 5.97. The fraction of sp³-hybridized carbons (Fsp3) is 0.524. The predicted octanol–water partition coefficient (Wildman–Crippen LogP) is 4.22. The maximum absolute atomic E-state index is 12.6. The van der Waals surface area contributed by atoms with E-state index >= 15 is 0 Å². The molecule has 1 aliphatic heterocycles. The maximum atomic E-state index is 12.6. The van der Waals surface area contributed by atoms with E-state index in [1.807, 2.05) is 36.0 Å². The van der Waals surface area contributed by atoms with E-state index < -0.39 is 0 Å². The Morgan fingerprint density at radius 3 is 2.93 bits per heavy atom. The Morgan fingerprint density at radius 2 is 2.21 bits per heavy atom. The first-order valence-corrected chi connectivity index (χ1v) is 9.83. The van der Waals surface area contributed by atoms with Crippen molar-refractivity contribution >= 4 is 24.0 Å². The van der Waals surface area contributed by atoms with Crippen LogP contribution in [0.2, 0.25) is 0 Å². The summed E-state index contributed by atoms with van der Waals surface area (Å²) in [6.07, 6.45) is 5.12. The number of aromatic nitrogens is 2. The molecule has 1 saturated heterocycles. The van der Waals surface area contributed by atoms with Crippen molar-refractivity contribution in [3.8, 4) is 5.75 Å². The van der Waals surface area contributed by atoms with E-state index in [1.54, 1.807) is 6.07 Å². The summed E-state index contributed by atoms with van der Waals surface area (Å²) in [4.78, 5) is 12.6. The van der Waals surface area contributed by atoms with Crippen molar-refractivity contribution in [2.45, 2.75) is 46.1 Å². The molecule has 2 aromatic rings. The maximum Gasteiger partial charge on any atom is 0.276 e. The largest absolute Gasteiger partial charge is 0.493 e. The van der Waals surface area contributed by atoms with Crippen LogP contribution in [0.15, 0.2) is 30.5 Å². The Labute approximate surface area is 173 Å². The van der Waals surface area contributed by atoms with Gasteiger partial charge in [-0.15, -0.1) is 12.4 Å². The normalized spacial score (nSPS) is 16.5. The van der Waals surface area contributed by atoms with Gasteiger partial charge in [0.2, 0.25) is 0 Å². The molecule has 6 nitrogen and oxygen atoms in total. The lowest BCUT2D eigenvalue weighted by Crippen LogP contribution is -2.32. The average Bonchev–Trinajstić information content (AvgIpc) is 3.15. The minimum Gasteiger partial charge on any atom is -0.493 e. The van der Waals surface area contributed by atoms with Crippen molar-refractivity contribution in [1.82, 2.24) is 15.1 Å². The van der Waals surface area contributed by atoms with Gasteiger partial charge < -0.3 is 15.4 Å². The number of nitrogens with zero attached hydrogens (tertiary/aromatic N) is 2. The summed E-state index contributed by atoms with van der Waals surface area (Å²) in [5.41, 5.74) is 2.22. The van der Waals surface area contributed by atoms with Crippen LogP contribution < -0.4 is 15.4 Å². The van der Waals surface area contributed by atoms with Crippen molar-refractivity contribution in [2.24, 2.45) is 5.92 Å². The molecule has 0 bridgehead atoms. The molecule has 1 aliphatic rings. The summed E-state index contributed by atoms with van der Waals surface area (Å²) in [6.45, 7) is 8.99. The number of hydrogen-bond donors (Lipinski definition) is 2. The van der Waals surface area contributed by atoms with E-state index in [9.17, 15) is 4.79 Å². The van der Waals surface area contributed by atoms with Crippen LogP contribution in [0, 0.1) is 12.8 Å². The number of halogens is 1. The van der Waals surface area contributed by atoms with Gasteiger partial charge in [0.15, 0.2) is 5.69 Å². The number of carbonyl (C=O) groups excluding carboxylic acids is 1. The minimum absolute atomic E-state index is 0. The van der Waals surface area contributed by atoms with Gasteiger partial charge in [0.05, 0.1) is 12.6 Å². The molecule has 0 spiro atoms. The van der Waals surface area contributed by atoms with Gasteiger partial charge in [-0.05, 0) is 56.3 Å². The van der Waals surface area contributed by atoms with Crippen molar-refractivity contribution in [3.05, 3.63) is 41.7 Å². The Balaban J connectivity index is 0.00000280. The first-order valence-electron chi connectivity index (χ1n) is 9.83. The highest BCUT2D eigenvalue weighted by molar-refractivity contribution is 6.02. The molecule has 1 fully saturated rings. The number of rotatable bonds is 7. The number of piperidine rings is 1. The second-order valence-electron chi connectivity index (χ2n) is 7.65. The van der Waals surface area contributed by atoms with Crippen LogP contribution in [0.25, 0.3) is 0 Å². The summed E-state index contributed by atoms with van der Waals surface area (Å²) >= 11 is 0. The number of anilines is 1. The second kappa shape index (κ2) is 10.5. The van der Waals surface area contributed by atoms with Gasteiger partial charge in [0.1, 0.15) is 5.75 Å². The molecular weight excluding hydrogens is 376 g/mol. The number of nitrogens with one attached hydrogen (secondary N) is 2. The van der Waals surface area contributed by atoms with Crippen LogP contribution in [-0.2, 0) is 0 Å². The lowest BCUT2D eigenvalue weighted by molar-refractivity contribution is 0.102. The quantitative estimate of drug-likeness (QED) is 0.722. The van der Waals surface area contributed by atoms with Crippen molar-refractivity contribution in [2.75, 3.05) is 25.0 Å². The molecule has 1 amide bonds. The average molecular weight is 407 g/mol. The number of ether oxygens (including phenoxy) is 1. The van der Waals surface area contributed by atoms with Gasteiger partial charge in [-0.2, -0.15) is 5.10 Å². The van der Waals surface area contributed by atoms with E-state index in [0.29, 0.717) is 24.3 Å². The van der Waals surface area contributed by atoms with Gasteiger partial charge in [0.25, 0.3) is 5.91 Å². The van der Waals surface area contributed by atoms with Crippen LogP contribution >= 0.6 is 12.4 Å². The molecule has 1 aromatic carbocycles. The third-order valence-corrected chi connectivity index (χ3v) is 4.88. The van der Waals surface area contributed by atoms with Crippen LogP contribution in [0.4, 0.5) is 5.69 Å². The zero-order chi connectivity index (χ0) is 19.2. The first-order chi connectivity index (χ1) is 13.0. The zero-order valence-corrected chi connectivity index (χ0v) is 17.7. The Bertz CT molecular complexity index is 770. The molecule has 2 N–H and O–H groups in total. The van der Waals surface area contributed by atoms with Crippen molar-refractivity contribution in [3.63, 3.8) is 0 Å². The van der Waals surface area contributed by atoms with Gasteiger partial charge in [-0.25, -0.2) is 0 Å². The van der Waals surface area contributed by atoms with E-state index in [4.69, 9.17) is 4.74 Å². The minimum atomic E-state index is -0.200. The lowest BCUT2D eigenvalue weighted by atomic mass is 10.1. The highest BCUT2D eigenvalue weighted by atomic mass is 35.5. The second-order valence-corrected chi connectivity index (χ2v) is 7.65. The van der Waals surface area contributed by atoms with Gasteiger partial charge in [-0.3, -0.25) is 9.48 Å². The molecule has 1 unspecified atom stereocenters. The Morgan fingerprint density at radius 1 is 1.39 bits per heavy atom. The molecular formula is C21H31ClN4O2. The highest BCUT2D eigenvalue weighted by Crippen LogP contribution is 2.24. The Hall–Kier alpha value is -2.05. The van der Waals surface area contributed by atoms with Gasteiger partial charge in [0, 0.05) is 24.5 Å². The molecule has 1 atom stereocenters. The molecule has 0 saturated carbocycles. The fourth-order valence-corrected chi connectivity index (χ4v) is 3.15. The number of aryl methyl sites for hydroxylation is 1. The lowest BCUT2D eigenvalue weighted by Gasteiger charge is -2.22. The number of benzene rings is 1. The fourth-order valence-electron chi connectivity index (χ4n) is 3.15. The topological polar surface area (TPSA) is 68.2 Å². The molecule has 2 heterocycles. The van der Waals surface area contributed by atoms with Crippen LogP contribution in [0.3, 0.4) is 0 Å². The molecule has 0 radical (unpaired) electrons. The van der Waals surface area contributed by atoms with Gasteiger partial charge in [-0.1, -0.05) is 19.9 Å². The van der Waals surface area contributed by atoms with E-state index in [0.717, 1.165) is 49.4 Å². The number of hydrogen-bond acceptors (Lipinski definition) is 4. The standard InChI is InChI=1S/C21H30N4O2.ClH/c1-15(2)9-12-27-20-13-17(7-6-16(20)3)23-21(26)19-8-11-25(24-19)18-5-4-10-22-14-18;/h6-8,11,13,15,18,22H,4-5,9-10,12,14H2,1-3H3,(H,23,26);1H. The summed E-state index contributed by atoms with van der Waals surface area (Å²) < 4.78 is 7.78. The SMILES string of the molecule is Cc1ccc(NC(=O)c2ccn(C3CCCNC3)n2)cc1OCCC(C)C.Cl. The smallest absolute Gasteiger partial charge is 0.276 e. The number of amides is 1. The van der Waals surface area contributed by atoms with Crippen molar-refractivity contribution < 1.29 is 9.53 Å². The summed E-state index contributed by atoms with van der Waals surface area (Å²) in [6, 6.07) is 7.84. The summed E-state index contributed by atoms with van der Waals surface area (Å²) in [7, 11) is 0. The number of carbonyl (C=O) groups is 1. The summed E-state index contributed by atoms with van der Waals surface area (Å²) in [5.74, 6) is 1.21. The van der Waals surface area contributed by atoms with Crippen LogP contribution in [0.1, 0.15) is 55.2 Å². The van der Waals surface area contributed by atoms with Crippen molar-refractivity contribution in [1.29, 1.82) is 0 Å². The molecule has 1 aromatic heterocycles. The highest BCUT2D eigenvalue weighted by Gasteiger charge is 2.18. The van der Waals surface area contributed by atoms with E-state index in [1.165, 1.54) is 0 Å². The third-order valence-electron chi connectivity index (χ3n) is 4.88. The molecule has 0 aliphatic carbocycles. The molecule has 7 heteroatoms. The zero-order valence-electron chi connectivity index (χ0n) is 16.9. The molecule has 28 heavy (non-hydrogen) atoms. The van der Waals surface area contributed by atoms with Crippen LogP contribution in [0.5, 0.6) is 5.75 Å².